The Morgan fingerprint density at radius 1 is 1.11 bits per heavy atom. The number of carbonyl (C=O) groups excluding carboxylic acids is 1. The van der Waals surface area contributed by atoms with Gasteiger partial charge in [0.1, 0.15) is 5.69 Å². The molecule has 7 nitrogen and oxygen atoms in total. The van der Waals surface area contributed by atoms with Gasteiger partial charge in [0.25, 0.3) is 5.91 Å². The fourth-order valence-electron chi connectivity index (χ4n) is 3.26. The zero-order valence-electron chi connectivity index (χ0n) is 16.1. The van der Waals surface area contributed by atoms with E-state index in [0.717, 1.165) is 35.5 Å². The second kappa shape index (κ2) is 7.82. The van der Waals surface area contributed by atoms with Crippen LogP contribution in [0.4, 0.5) is 11.6 Å². The lowest BCUT2D eigenvalue weighted by molar-refractivity contribution is 0.101. The monoisotopic (exact) mass is 377 g/mol. The van der Waals surface area contributed by atoms with E-state index in [1.807, 2.05) is 55.1 Å². The molecule has 7 heteroatoms. The van der Waals surface area contributed by atoms with Crippen LogP contribution in [0.15, 0.2) is 48.9 Å². The molecule has 1 aromatic carbocycles. The molecule has 0 unspecified atom stereocenters. The van der Waals surface area contributed by atoms with E-state index in [2.05, 4.69) is 20.2 Å². The minimum absolute atomic E-state index is 0.148. The van der Waals surface area contributed by atoms with Gasteiger partial charge in [-0.25, -0.2) is 9.97 Å². The van der Waals surface area contributed by atoms with Gasteiger partial charge in [-0.1, -0.05) is 12.1 Å². The summed E-state index contributed by atoms with van der Waals surface area (Å²) in [5.74, 6) is 0.561. The zero-order chi connectivity index (χ0) is 19.5. The van der Waals surface area contributed by atoms with E-state index in [4.69, 9.17) is 4.74 Å². The first kappa shape index (κ1) is 18.2. The molecular weight excluding hydrogens is 354 g/mol. The zero-order valence-corrected chi connectivity index (χ0v) is 16.1. The molecule has 28 heavy (non-hydrogen) atoms. The van der Waals surface area contributed by atoms with Crippen LogP contribution in [-0.2, 0) is 11.8 Å². The van der Waals surface area contributed by atoms with E-state index in [9.17, 15) is 4.79 Å². The van der Waals surface area contributed by atoms with Gasteiger partial charge in [-0.15, -0.1) is 0 Å². The molecule has 0 spiro atoms. The Labute approximate surface area is 164 Å². The summed E-state index contributed by atoms with van der Waals surface area (Å²) in [7, 11) is 1.86. The second-order valence-electron chi connectivity index (χ2n) is 6.92. The van der Waals surface area contributed by atoms with Crippen molar-refractivity contribution >= 4 is 17.5 Å². The number of nitrogens with zero attached hydrogens (tertiary/aromatic N) is 4. The summed E-state index contributed by atoms with van der Waals surface area (Å²) in [6, 6.07) is 9.61. The van der Waals surface area contributed by atoms with Crippen molar-refractivity contribution in [2.75, 3.05) is 36.5 Å². The van der Waals surface area contributed by atoms with E-state index >= 15 is 0 Å². The maximum Gasteiger partial charge on any atom is 0.272 e. The Bertz CT molecular complexity index is 975. The molecule has 144 valence electrons. The van der Waals surface area contributed by atoms with Gasteiger partial charge in [-0.2, -0.15) is 0 Å². The largest absolute Gasteiger partial charge is 0.378 e. The normalized spacial score (nSPS) is 14.1. The number of nitrogens with one attached hydrogen (secondary N) is 1. The fraction of sp³-hybridized carbons (Fsp3) is 0.286. The SMILES string of the molecule is Cc1cccc(NC(=O)c2cc(-c3cnc(N4CCOCC4)nc3)cn2C)c1. The Kier molecular flexibility index (Phi) is 5.08. The molecule has 0 radical (unpaired) electrons. The summed E-state index contributed by atoms with van der Waals surface area (Å²) in [4.78, 5) is 23.8. The first-order chi connectivity index (χ1) is 13.6. The molecule has 4 rings (SSSR count). The van der Waals surface area contributed by atoms with Gasteiger partial charge in [0.05, 0.1) is 13.2 Å². The molecule has 1 amide bonds. The summed E-state index contributed by atoms with van der Waals surface area (Å²) in [6.07, 6.45) is 5.52. The molecular formula is C21H23N5O2. The van der Waals surface area contributed by atoms with Crippen molar-refractivity contribution in [3.63, 3.8) is 0 Å². The van der Waals surface area contributed by atoms with E-state index in [0.29, 0.717) is 24.9 Å². The van der Waals surface area contributed by atoms with Crippen molar-refractivity contribution < 1.29 is 9.53 Å². The highest BCUT2D eigenvalue weighted by Crippen LogP contribution is 2.23. The Hall–Kier alpha value is -3.19. The minimum Gasteiger partial charge on any atom is -0.378 e. The lowest BCUT2D eigenvalue weighted by atomic mass is 10.2. The van der Waals surface area contributed by atoms with Crippen LogP contribution in [0, 0.1) is 6.92 Å². The average Bonchev–Trinajstić information content (AvgIpc) is 3.11. The fourth-order valence-corrected chi connectivity index (χ4v) is 3.26. The predicted octanol–water partition coefficient (Wildman–Crippen LogP) is 2.88. The molecule has 1 aliphatic rings. The number of aryl methyl sites for hydroxylation is 2. The standard InChI is InChI=1S/C21H23N5O2/c1-15-4-3-5-18(10-15)24-20(27)19-11-16(14-25(19)2)17-12-22-21(23-13-17)26-6-8-28-9-7-26/h3-5,10-14H,6-9H2,1-2H3,(H,24,27). The van der Waals surface area contributed by atoms with Gasteiger partial charge >= 0.3 is 0 Å². The van der Waals surface area contributed by atoms with E-state index in [1.165, 1.54) is 0 Å². The first-order valence-electron chi connectivity index (χ1n) is 9.29. The van der Waals surface area contributed by atoms with Crippen LogP contribution >= 0.6 is 0 Å². The number of morpholine rings is 1. The van der Waals surface area contributed by atoms with Crippen LogP contribution in [0.5, 0.6) is 0 Å². The molecule has 1 saturated heterocycles. The Morgan fingerprint density at radius 3 is 2.57 bits per heavy atom. The number of hydrogen-bond acceptors (Lipinski definition) is 5. The molecule has 0 atom stereocenters. The third kappa shape index (κ3) is 3.89. The number of ether oxygens (including phenoxy) is 1. The number of amides is 1. The lowest BCUT2D eigenvalue weighted by Gasteiger charge is -2.26. The number of aromatic nitrogens is 3. The maximum absolute atomic E-state index is 12.7. The van der Waals surface area contributed by atoms with Gasteiger partial charge in [0.15, 0.2) is 0 Å². The number of anilines is 2. The van der Waals surface area contributed by atoms with Crippen molar-refractivity contribution in [3.8, 4) is 11.1 Å². The highest BCUT2D eigenvalue weighted by molar-refractivity contribution is 6.04. The van der Waals surface area contributed by atoms with Crippen LogP contribution in [0.2, 0.25) is 0 Å². The smallest absolute Gasteiger partial charge is 0.272 e. The van der Waals surface area contributed by atoms with Gasteiger partial charge in [0, 0.05) is 55.5 Å². The van der Waals surface area contributed by atoms with E-state index in [-0.39, 0.29) is 5.91 Å². The molecule has 0 aliphatic carbocycles. The van der Waals surface area contributed by atoms with Crippen molar-refractivity contribution in [3.05, 3.63) is 60.2 Å². The summed E-state index contributed by atoms with van der Waals surface area (Å²) in [5, 5.41) is 2.95. The topological polar surface area (TPSA) is 72.3 Å². The first-order valence-corrected chi connectivity index (χ1v) is 9.29. The van der Waals surface area contributed by atoms with Crippen molar-refractivity contribution in [1.82, 2.24) is 14.5 Å². The molecule has 2 aromatic heterocycles. The van der Waals surface area contributed by atoms with Gasteiger partial charge in [-0.3, -0.25) is 4.79 Å². The molecule has 1 aliphatic heterocycles. The number of carbonyl (C=O) groups is 1. The number of benzene rings is 1. The number of hydrogen-bond donors (Lipinski definition) is 1. The predicted molar refractivity (Wildman–Crippen MR) is 109 cm³/mol. The highest BCUT2D eigenvalue weighted by Gasteiger charge is 2.16. The van der Waals surface area contributed by atoms with Crippen LogP contribution in [0.1, 0.15) is 16.1 Å². The molecule has 1 N–H and O–H groups in total. The minimum atomic E-state index is -0.148. The number of rotatable bonds is 4. The van der Waals surface area contributed by atoms with Crippen LogP contribution in [-0.4, -0.2) is 46.7 Å². The summed E-state index contributed by atoms with van der Waals surface area (Å²) in [6.45, 7) is 4.99. The molecule has 3 heterocycles. The molecule has 1 fully saturated rings. The van der Waals surface area contributed by atoms with Gasteiger partial charge < -0.3 is 19.5 Å². The van der Waals surface area contributed by atoms with Crippen molar-refractivity contribution in [1.29, 1.82) is 0 Å². The Morgan fingerprint density at radius 2 is 1.86 bits per heavy atom. The summed E-state index contributed by atoms with van der Waals surface area (Å²) >= 11 is 0. The molecule has 3 aromatic rings. The van der Waals surface area contributed by atoms with E-state index < -0.39 is 0 Å². The second-order valence-corrected chi connectivity index (χ2v) is 6.92. The highest BCUT2D eigenvalue weighted by atomic mass is 16.5. The van der Waals surface area contributed by atoms with Crippen LogP contribution in [0.25, 0.3) is 11.1 Å². The van der Waals surface area contributed by atoms with Crippen molar-refractivity contribution in [2.24, 2.45) is 7.05 Å². The summed E-state index contributed by atoms with van der Waals surface area (Å²) in [5.41, 5.74) is 4.25. The van der Waals surface area contributed by atoms with Gasteiger partial charge in [0.2, 0.25) is 5.95 Å². The van der Waals surface area contributed by atoms with Crippen LogP contribution in [0.3, 0.4) is 0 Å². The Balaban J connectivity index is 1.51. The third-order valence-electron chi connectivity index (χ3n) is 4.78. The van der Waals surface area contributed by atoms with E-state index in [1.54, 1.807) is 12.4 Å². The average molecular weight is 377 g/mol. The lowest BCUT2D eigenvalue weighted by Crippen LogP contribution is -2.37. The summed E-state index contributed by atoms with van der Waals surface area (Å²) < 4.78 is 7.18. The van der Waals surface area contributed by atoms with Crippen molar-refractivity contribution in [2.45, 2.75) is 6.92 Å². The van der Waals surface area contributed by atoms with Crippen LogP contribution < -0.4 is 10.2 Å². The van der Waals surface area contributed by atoms with Gasteiger partial charge in [-0.05, 0) is 30.7 Å². The molecule has 0 bridgehead atoms. The third-order valence-corrected chi connectivity index (χ3v) is 4.78. The molecule has 0 saturated carbocycles. The quantitative estimate of drug-likeness (QED) is 0.757. The maximum atomic E-state index is 12.7.